The number of hydrogen-bond acceptors (Lipinski definition) is 3. The Morgan fingerprint density at radius 1 is 0.917 bits per heavy atom. The second-order valence-corrected chi connectivity index (χ2v) is 8.56. The van der Waals surface area contributed by atoms with Crippen molar-refractivity contribution in [3.05, 3.63) is 70.3 Å². The van der Waals surface area contributed by atoms with Gasteiger partial charge in [-0.2, -0.15) is 0 Å². The number of rotatable bonds is 4. The van der Waals surface area contributed by atoms with Crippen LogP contribution < -0.4 is 5.32 Å². The molecule has 0 saturated carbocycles. The van der Waals surface area contributed by atoms with E-state index in [0.29, 0.717) is 5.69 Å². The Hall–Kier alpha value is -1.93. The predicted octanol–water partition coefficient (Wildman–Crippen LogP) is 3.86. The fourth-order valence-corrected chi connectivity index (χ4v) is 3.87. The molecule has 0 heterocycles. The first kappa shape index (κ1) is 16.9. The van der Waals surface area contributed by atoms with E-state index >= 15 is 0 Å². The number of benzene rings is 3. The van der Waals surface area contributed by atoms with Crippen LogP contribution in [0.1, 0.15) is 0 Å². The summed E-state index contributed by atoms with van der Waals surface area (Å²) in [5.74, 6) is -1.14. The molecule has 1 N–H and O–H groups in total. The van der Waals surface area contributed by atoms with Crippen LogP contribution in [-0.2, 0) is 14.6 Å². The average Bonchev–Trinajstić information content (AvgIpc) is 2.56. The van der Waals surface area contributed by atoms with Gasteiger partial charge in [0, 0.05) is 9.26 Å². The van der Waals surface area contributed by atoms with Crippen LogP contribution in [-0.4, -0.2) is 20.1 Å². The van der Waals surface area contributed by atoms with Gasteiger partial charge in [0.15, 0.2) is 9.84 Å². The van der Waals surface area contributed by atoms with Crippen LogP contribution in [0, 0.1) is 3.57 Å². The summed E-state index contributed by atoms with van der Waals surface area (Å²) in [6, 6.07) is 19.5. The summed E-state index contributed by atoms with van der Waals surface area (Å²) in [5, 5.41) is 4.40. The molecule has 0 aliphatic carbocycles. The van der Waals surface area contributed by atoms with Crippen molar-refractivity contribution < 1.29 is 13.2 Å². The van der Waals surface area contributed by atoms with Crippen LogP contribution in [0.5, 0.6) is 0 Å². The molecule has 4 nitrogen and oxygen atoms in total. The quantitative estimate of drug-likeness (QED) is 0.613. The van der Waals surface area contributed by atoms with Crippen molar-refractivity contribution in [3.8, 4) is 0 Å². The summed E-state index contributed by atoms with van der Waals surface area (Å²) in [4.78, 5) is 12.2. The summed E-state index contributed by atoms with van der Waals surface area (Å²) in [5.41, 5.74) is 0.578. The van der Waals surface area contributed by atoms with Crippen molar-refractivity contribution in [2.75, 3.05) is 11.1 Å². The van der Waals surface area contributed by atoms with E-state index in [1.54, 1.807) is 24.3 Å². The molecule has 1 amide bonds. The Morgan fingerprint density at radius 3 is 2.29 bits per heavy atom. The van der Waals surface area contributed by atoms with E-state index in [-0.39, 0.29) is 4.90 Å². The maximum atomic E-state index is 12.5. The van der Waals surface area contributed by atoms with Crippen molar-refractivity contribution in [2.24, 2.45) is 0 Å². The molecule has 3 aromatic carbocycles. The highest BCUT2D eigenvalue weighted by Gasteiger charge is 2.19. The first-order valence-corrected chi connectivity index (χ1v) is 9.94. The maximum absolute atomic E-state index is 12.5. The molecule has 0 aliphatic heterocycles. The third kappa shape index (κ3) is 3.93. The third-order valence-electron chi connectivity index (χ3n) is 3.53. The molecule has 0 spiro atoms. The van der Waals surface area contributed by atoms with E-state index in [0.717, 1.165) is 14.3 Å². The van der Waals surface area contributed by atoms with Crippen molar-refractivity contribution in [1.29, 1.82) is 0 Å². The molecule has 122 valence electrons. The van der Waals surface area contributed by atoms with Crippen molar-refractivity contribution >= 4 is 54.8 Å². The lowest BCUT2D eigenvalue weighted by Crippen LogP contribution is -2.23. The van der Waals surface area contributed by atoms with Crippen LogP contribution >= 0.6 is 22.6 Å². The minimum absolute atomic E-state index is 0.152. The van der Waals surface area contributed by atoms with Gasteiger partial charge in [-0.3, -0.25) is 4.79 Å². The van der Waals surface area contributed by atoms with Crippen LogP contribution in [0.4, 0.5) is 5.69 Å². The predicted molar refractivity (Wildman–Crippen MR) is 104 cm³/mol. The van der Waals surface area contributed by atoms with Gasteiger partial charge in [-0.25, -0.2) is 8.42 Å². The number of hydrogen-bond donors (Lipinski definition) is 1. The number of anilines is 1. The molecule has 3 rings (SSSR count). The number of sulfone groups is 1. The van der Waals surface area contributed by atoms with E-state index in [4.69, 9.17) is 0 Å². The first-order chi connectivity index (χ1) is 11.4. The molecule has 0 radical (unpaired) electrons. The summed E-state index contributed by atoms with van der Waals surface area (Å²) in [7, 11) is -3.69. The summed E-state index contributed by atoms with van der Waals surface area (Å²) >= 11 is 2.16. The monoisotopic (exact) mass is 451 g/mol. The van der Waals surface area contributed by atoms with Gasteiger partial charge in [-0.1, -0.05) is 30.3 Å². The molecule has 24 heavy (non-hydrogen) atoms. The van der Waals surface area contributed by atoms with Gasteiger partial charge < -0.3 is 5.32 Å². The fourth-order valence-electron chi connectivity index (χ4n) is 2.35. The van der Waals surface area contributed by atoms with Crippen molar-refractivity contribution in [3.63, 3.8) is 0 Å². The number of fused-ring (bicyclic) bond motifs is 1. The Bertz CT molecular complexity index is 998. The molecule has 6 heteroatoms. The van der Waals surface area contributed by atoms with E-state index < -0.39 is 21.5 Å². The zero-order chi connectivity index (χ0) is 17.2. The summed E-state index contributed by atoms with van der Waals surface area (Å²) in [6.45, 7) is 0. The second-order valence-electron chi connectivity index (χ2n) is 5.32. The highest BCUT2D eigenvalue weighted by molar-refractivity contribution is 14.1. The van der Waals surface area contributed by atoms with Gasteiger partial charge >= 0.3 is 0 Å². The second kappa shape index (κ2) is 6.90. The largest absolute Gasteiger partial charge is 0.325 e. The number of halogens is 1. The molecule has 0 bridgehead atoms. The highest BCUT2D eigenvalue weighted by Crippen LogP contribution is 2.20. The molecule has 3 aromatic rings. The van der Waals surface area contributed by atoms with Crippen molar-refractivity contribution in [2.45, 2.75) is 4.90 Å². The summed E-state index contributed by atoms with van der Waals surface area (Å²) in [6.07, 6.45) is 0. The van der Waals surface area contributed by atoms with Gasteiger partial charge in [-0.05, 0) is 69.8 Å². The number of carbonyl (C=O) groups is 1. The van der Waals surface area contributed by atoms with Crippen molar-refractivity contribution in [1.82, 2.24) is 0 Å². The standard InChI is InChI=1S/C18H14INO3S/c19-15-6-8-16(9-7-15)20-18(21)12-24(22,23)17-10-5-13-3-1-2-4-14(13)11-17/h1-11H,12H2,(H,20,21). The van der Waals surface area contributed by atoms with Gasteiger partial charge in [0.1, 0.15) is 5.75 Å². The molecule has 0 atom stereocenters. The Kier molecular flexibility index (Phi) is 4.86. The first-order valence-electron chi connectivity index (χ1n) is 7.21. The van der Waals surface area contributed by atoms with Crippen LogP contribution in [0.3, 0.4) is 0 Å². The lowest BCUT2D eigenvalue weighted by atomic mass is 10.1. The minimum atomic E-state index is -3.69. The SMILES string of the molecule is O=C(CS(=O)(=O)c1ccc2ccccc2c1)Nc1ccc(I)cc1. The smallest absolute Gasteiger partial charge is 0.239 e. The zero-order valence-electron chi connectivity index (χ0n) is 12.6. The number of nitrogens with one attached hydrogen (secondary N) is 1. The van der Waals surface area contributed by atoms with Gasteiger partial charge in [0.05, 0.1) is 4.90 Å². The maximum Gasteiger partial charge on any atom is 0.239 e. The number of amides is 1. The average molecular weight is 451 g/mol. The molecule has 0 saturated heterocycles. The van der Waals surface area contributed by atoms with Gasteiger partial charge in [0.2, 0.25) is 5.91 Å². The minimum Gasteiger partial charge on any atom is -0.325 e. The molecule has 0 fully saturated rings. The van der Waals surface area contributed by atoms with Crippen LogP contribution in [0.15, 0.2) is 71.6 Å². The molecular formula is C18H14INO3S. The Morgan fingerprint density at radius 2 is 1.58 bits per heavy atom. The zero-order valence-corrected chi connectivity index (χ0v) is 15.5. The topological polar surface area (TPSA) is 63.2 Å². The number of carbonyl (C=O) groups excluding carboxylic acids is 1. The molecule has 0 unspecified atom stereocenters. The lowest BCUT2D eigenvalue weighted by Gasteiger charge is -2.08. The normalized spacial score (nSPS) is 11.4. The third-order valence-corrected chi connectivity index (χ3v) is 5.86. The van der Waals surface area contributed by atoms with Gasteiger partial charge in [0.25, 0.3) is 0 Å². The Labute approximate surface area is 153 Å². The fraction of sp³-hybridized carbons (Fsp3) is 0.0556. The molecule has 0 aliphatic rings. The van der Waals surface area contributed by atoms with E-state index in [1.165, 1.54) is 6.07 Å². The van der Waals surface area contributed by atoms with E-state index in [9.17, 15) is 13.2 Å². The van der Waals surface area contributed by atoms with Crippen LogP contribution in [0.2, 0.25) is 0 Å². The highest BCUT2D eigenvalue weighted by atomic mass is 127. The van der Waals surface area contributed by atoms with E-state index in [2.05, 4.69) is 27.9 Å². The Balaban J connectivity index is 1.79. The van der Waals surface area contributed by atoms with Gasteiger partial charge in [-0.15, -0.1) is 0 Å². The van der Waals surface area contributed by atoms with E-state index in [1.807, 2.05) is 36.4 Å². The van der Waals surface area contributed by atoms with Crippen LogP contribution in [0.25, 0.3) is 10.8 Å². The molecular weight excluding hydrogens is 437 g/mol. The lowest BCUT2D eigenvalue weighted by molar-refractivity contribution is -0.113. The molecule has 0 aromatic heterocycles. The summed E-state index contributed by atoms with van der Waals surface area (Å²) < 4.78 is 26.0.